The number of rotatable bonds is 5. The van der Waals surface area contributed by atoms with Crippen molar-refractivity contribution in [2.24, 2.45) is 5.73 Å². The molecule has 0 amide bonds. The number of nitrogens with one attached hydrogen (secondary N) is 1. The maximum Gasteiger partial charge on any atom is 0.243 e. The monoisotopic (exact) mass is 284 g/mol. The van der Waals surface area contributed by atoms with E-state index in [0.717, 1.165) is 17.8 Å². The lowest BCUT2D eigenvalue weighted by molar-refractivity contribution is 0.348. The molecule has 0 saturated heterocycles. The Morgan fingerprint density at radius 1 is 1.33 bits per heavy atom. The molecule has 0 saturated carbocycles. The number of benzene rings is 1. The van der Waals surface area contributed by atoms with Crippen molar-refractivity contribution in [2.75, 3.05) is 0 Å². The average molecular weight is 284 g/mol. The Morgan fingerprint density at radius 3 is 2.95 bits per heavy atom. The van der Waals surface area contributed by atoms with Crippen molar-refractivity contribution in [2.45, 2.75) is 38.6 Å². The van der Waals surface area contributed by atoms with Crippen molar-refractivity contribution in [3.05, 3.63) is 47.7 Å². The van der Waals surface area contributed by atoms with Gasteiger partial charge in [0, 0.05) is 23.0 Å². The van der Waals surface area contributed by atoms with Crippen LogP contribution in [0.3, 0.4) is 0 Å². The zero-order chi connectivity index (χ0) is 14.8. The Morgan fingerprint density at radius 2 is 2.14 bits per heavy atom. The van der Waals surface area contributed by atoms with Crippen LogP contribution in [0.5, 0.6) is 0 Å². The van der Waals surface area contributed by atoms with Gasteiger partial charge in [-0.2, -0.15) is 4.98 Å². The number of aromatic amines is 1. The van der Waals surface area contributed by atoms with Crippen LogP contribution < -0.4 is 5.73 Å². The molecule has 2 atom stereocenters. The molecule has 3 rings (SSSR count). The Labute approximate surface area is 123 Å². The molecule has 0 aliphatic rings. The van der Waals surface area contributed by atoms with Gasteiger partial charge in [-0.15, -0.1) is 0 Å². The van der Waals surface area contributed by atoms with Gasteiger partial charge >= 0.3 is 0 Å². The summed E-state index contributed by atoms with van der Waals surface area (Å²) in [5.41, 5.74) is 8.51. The highest BCUT2D eigenvalue weighted by atomic mass is 16.5. The fraction of sp³-hybridized carbons (Fsp3) is 0.375. The number of para-hydroxylation sites is 1. The van der Waals surface area contributed by atoms with Gasteiger partial charge in [0.1, 0.15) is 0 Å². The summed E-state index contributed by atoms with van der Waals surface area (Å²) < 4.78 is 5.31. The molecule has 0 radical (unpaired) electrons. The summed E-state index contributed by atoms with van der Waals surface area (Å²) >= 11 is 0. The molecule has 110 valence electrons. The minimum absolute atomic E-state index is 0.283. The first-order valence-corrected chi connectivity index (χ1v) is 7.33. The molecule has 2 aromatic heterocycles. The number of nitrogens with two attached hydrogens (primary N) is 1. The molecule has 0 spiro atoms. The minimum Gasteiger partial charge on any atom is -0.361 e. The number of aromatic nitrogens is 3. The lowest BCUT2D eigenvalue weighted by atomic mass is 10.1. The second-order valence-electron chi connectivity index (χ2n) is 5.47. The third-order valence-corrected chi connectivity index (χ3v) is 3.94. The van der Waals surface area contributed by atoms with Crippen molar-refractivity contribution in [3.63, 3.8) is 0 Å². The van der Waals surface area contributed by atoms with Gasteiger partial charge < -0.3 is 15.2 Å². The smallest absolute Gasteiger partial charge is 0.243 e. The van der Waals surface area contributed by atoms with Crippen molar-refractivity contribution >= 4 is 10.9 Å². The summed E-state index contributed by atoms with van der Waals surface area (Å²) in [7, 11) is 0. The largest absolute Gasteiger partial charge is 0.361 e. The summed E-state index contributed by atoms with van der Waals surface area (Å²) in [5, 5.41) is 5.22. The Balaban J connectivity index is 1.79. The van der Waals surface area contributed by atoms with E-state index in [9.17, 15) is 0 Å². The topological polar surface area (TPSA) is 80.7 Å². The number of hydrogen-bond acceptors (Lipinski definition) is 4. The summed E-state index contributed by atoms with van der Waals surface area (Å²) in [6.07, 6.45) is 3.65. The third-order valence-electron chi connectivity index (χ3n) is 3.94. The highest BCUT2D eigenvalue weighted by Crippen LogP contribution is 2.23. The van der Waals surface area contributed by atoms with E-state index < -0.39 is 0 Å². The second kappa shape index (κ2) is 5.69. The number of nitrogens with zero attached hydrogens (tertiary/aromatic N) is 2. The van der Waals surface area contributed by atoms with Crippen LogP contribution in [0.1, 0.15) is 49.5 Å². The number of H-pyrrole nitrogens is 1. The average Bonchev–Trinajstić information content (AvgIpc) is 3.14. The van der Waals surface area contributed by atoms with Gasteiger partial charge in [0.2, 0.25) is 5.89 Å². The van der Waals surface area contributed by atoms with Crippen molar-refractivity contribution in [3.8, 4) is 0 Å². The van der Waals surface area contributed by atoms with Crippen LogP contribution in [0.4, 0.5) is 0 Å². The maximum absolute atomic E-state index is 6.22. The highest BCUT2D eigenvalue weighted by Gasteiger charge is 2.19. The molecule has 0 fully saturated rings. The SMILES string of the molecule is CCC(C)c1noc([C@@H](N)Cc2c[nH]c3ccccc23)n1. The molecule has 3 aromatic rings. The normalized spacial score (nSPS) is 14.4. The molecule has 0 bridgehead atoms. The van der Waals surface area contributed by atoms with E-state index >= 15 is 0 Å². The molecule has 1 aromatic carbocycles. The first kappa shape index (κ1) is 13.8. The first-order valence-electron chi connectivity index (χ1n) is 7.33. The molecular formula is C16H20N4O. The van der Waals surface area contributed by atoms with E-state index in [4.69, 9.17) is 10.3 Å². The standard InChI is InChI=1S/C16H20N4O/c1-3-10(2)15-19-16(21-20-15)13(17)8-11-9-18-14-7-5-4-6-12(11)14/h4-7,9-10,13,18H,3,8,17H2,1-2H3/t10?,13-/m0/s1. The molecule has 21 heavy (non-hydrogen) atoms. The van der Waals surface area contributed by atoms with Crippen LogP contribution >= 0.6 is 0 Å². The van der Waals surface area contributed by atoms with Crippen LogP contribution in [0.15, 0.2) is 35.0 Å². The van der Waals surface area contributed by atoms with Gasteiger partial charge in [-0.1, -0.05) is 37.2 Å². The van der Waals surface area contributed by atoms with Crippen LogP contribution in [-0.4, -0.2) is 15.1 Å². The van der Waals surface area contributed by atoms with Gasteiger partial charge in [0.15, 0.2) is 5.82 Å². The van der Waals surface area contributed by atoms with Gasteiger partial charge in [0.25, 0.3) is 0 Å². The lowest BCUT2D eigenvalue weighted by Gasteiger charge is -2.05. The fourth-order valence-corrected chi connectivity index (χ4v) is 2.41. The molecule has 5 nitrogen and oxygen atoms in total. The van der Waals surface area contributed by atoms with E-state index in [1.807, 2.05) is 18.3 Å². The lowest BCUT2D eigenvalue weighted by Crippen LogP contribution is -2.13. The molecule has 5 heteroatoms. The quantitative estimate of drug-likeness (QED) is 0.753. The van der Waals surface area contributed by atoms with E-state index in [-0.39, 0.29) is 6.04 Å². The molecular weight excluding hydrogens is 264 g/mol. The number of hydrogen-bond donors (Lipinski definition) is 2. The predicted octanol–water partition coefficient (Wildman–Crippen LogP) is 3.31. The molecule has 0 aliphatic carbocycles. The number of fused-ring (bicyclic) bond motifs is 1. The summed E-state index contributed by atoms with van der Waals surface area (Å²) in [5.74, 6) is 1.54. The van der Waals surface area contributed by atoms with Gasteiger partial charge in [-0.3, -0.25) is 0 Å². The van der Waals surface area contributed by atoms with E-state index in [1.54, 1.807) is 0 Å². The zero-order valence-electron chi connectivity index (χ0n) is 12.3. The van der Waals surface area contributed by atoms with Crippen molar-refractivity contribution in [1.29, 1.82) is 0 Å². The molecule has 1 unspecified atom stereocenters. The van der Waals surface area contributed by atoms with Crippen molar-refractivity contribution < 1.29 is 4.52 Å². The summed E-state index contributed by atoms with van der Waals surface area (Å²) in [6.45, 7) is 4.19. The van der Waals surface area contributed by atoms with E-state index in [0.29, 0.717) is 18.2 Å². The minimum atomic E-state index is -0.283. The fourth-order valence-electron chi connectivity index (χ4n) is 2.41. The Bertz CT molecular complexity index is 731. The van der Waals surface area contributed by atoms with Gasteiger partial charge in [0.05, 0.1) is 6.04 Å². The van der Waals surface area contributed by atoms with E-state index in [1.165, 1.54) is 10.9 Å². The van der Waals surface area contributed by atoms with Crippen LogP contribution in [0.25, 0.3) is 10.9 Å². The van der Waals surface area contributed by atoms with Crippen LogP contribution in [-0.2, 0) is 6.42 Å². The second-order valence-corrected chi connectivity index (χ2v) is 5.47. The van der Waals surface area contributed by atoms with Crippen LogP contribution in [0, 0.1) is 0 Å². The Hall–Kier alpha value is -2.14. The maximum atomic E-state index is 6.22. The molecule has 0 aliphatic heterocycles. The highest BCUT2D eigenvalue weighted by molar-refractivity contribution is 5.83. The summed E-state index contributed by atoms with van der Waals surface area (Å²) in [4.78, 5) is 7.68. The Kier molecular flexibility index (Phi) is 3.75. The van der Waals surface area contributed by atoms with Gasteiger partial charge in [-0.25, -0.2) is 0 Å². The van der Waals surface area contributed by atoms with E-state index in [2.05, 4.69) is 41.1 Å². The van der Waals surface area contributed by atoms with Gasteiger partial charge in [-0.05, 0) is 24.5 Å². The van der Waals surface area contributed by atoms with Crippen LogP contribution in [0.2, 0.25) is 0 Å². The predicted molar refractivity (Wildman–Crippen MR) is 81.9 cm³/mol. The summed E-state index contributed by atoms with van der Waals surface area (Å²) in [6, 6.07) is 7.90. The molecule has 3 N–H and O–H groups in total. The first-order chi connectivity index (χ1) is 10.2. The third kappa shape index (κ3) is 2.69. The molecule has 2 heterocycles. The van der Waals surface area contributed by atoms with Crippen molar-refractivity contribution in [1.82, 2.24) is 15.1 Å². The zero-order valence-corrected chi connectivity index (χ0v) is 12.3.